The Hall–Kier alpha value is -1.75. The fraction of sp³-hybridized carbons (Fsp3) is 0.667. The number of rotatable bonds is 7. The van der Waals surface area contributed by atoms with Crippen LogP contribution in [0.15, 0.2) is 0 Å². The third-order valence-electron chi connectivity index (χ3n) is 1.71. The Bertz CT molecular complexity index is 292. The molecule has 0 aliphatic carbocycles. The number of hydrogen-bond donors (Lipinski definition) is 7. The molecule has 0 aromatic carbocycles. The highest BCUT2D eigenvalue weighted by molar-refractivity contribution is 5.88. The number of carboxylic acid groups (broad SMARTS) is 3. The first-order chi connectivity index (χ1) is 8.58. The van der Waals surface area contributed by atoms with Crippen LogP contribution in [-0.4, -0.2) is 78.6 Å². The van der Waals surface area contributed by atoms with E-state index in [-0.39, 0.29) is 13.2 Å². The van der Waals surface area contributed by atoms with Crippen LogP contribution in [0.5, 0.6) is 0 Å². The van der Waals surface area contributed by atoms with Crippen LogP contribution >= 0.6 is 0 Å². The van der Waals surface area contributed by atoms with Gasteiger partial charge in [-0.2, -0.15) is 0 Å². The molecule has 0 bridgehead atoms. The van der Waals surface area contributed by atoms with Crippen molar-refractivity contribution in [3.8, 4) is 0 Å². The second kappa shape index (κ2) is 9.22. The Morgan fingerprint density at radius 2 is 1.21 bits per heavy atom. The topological polar surface area (TPSA) is 193 Å². The summed E-state index contributed by atoms with van der Waals surface area (Å²) >= 11 is 0. The minimum atomic E-state index is -2.74. The number of aliphatic carboxylic acids is 3. The van der Waals surface area contributed by atoms with E-state index in [1.807, 2.05) is 0 Å². The smallest absolute Gasteiger partial charge is 0.336 e. The summed E-state index contributed by atoms with van der Waals surface area (Å²) in [5, 5.41) is 57.8. The molecule has 0 aromatic rings. The Kier molecular flexibility index (Phi) is 9.50. The van der Waals surface area contributed by atoms with Gasteiger partial charge < -0.3 is 35.7 Å². The molecule has 0 amide bonds. The van der Waals surface area contributed by atoms with E-state index in [0.717, 1.165) is 0 Å². The molecule has 7 N–H and O–H groups in total. The van der Waals surface area contributed by atoms with Gasteiger partial charge in [-0.3, -0.25) is 9.59 Å². The van der Waals surface area contributed by atoms with Crippen LogP contribution in [0.1, 0.15) is 12.8 Å². The highest BCUT2D eigenvalue weighted by Crippen LogP contribution is 2.15. The average Bonchev–Trinajstić information content (AvgIpc) is 2.26. The van der Waals surface area contributed by atoms with Crippen molar-refractivity contribution in [2.45, 2.75) is 24.5 Å². The van der Waals surface area contributed by atoms with E-state index in [1.165, 1.54) is 0 Å². The minimum Gasteiger partial charge on any atom is -0.481 e. The van der Waals surface area contributed by atoms with Crippen LogP contribution in [-0.2, 0) is 14.4 Å². The Morgan fingerprint density at radius 3 is 1.32 bits per heavy atom. The van der Waals surface area contributed by atoms with Crippen molar-refractivity contribution < 1.29 is 50.1 Å². The zero-order chi connectivity index (χ0) is 15.6. The molecule has 10 nitrogen and oxygen atoms in total. The maximum Gasteiger partial charge on any atom is 0.336 e. The van der Waals surface area contributed by atoms with Crippen LogP contribution < -0.4 is 0 Å². The Morgan fingerprint density at radius 1 is 0.895 bits per heavy atom. The molecule has 0 heterocycles. The van der Waals surface area contributed by atoms with Gasteiger partial charge >= 0.3 is 17.9 Å². The molecular weight excluding hydrogens is 268 g/mol. The lowest BCUT2D eigenvalue weighted by Gasteiger charge is -2.18. The van der Waals surface area contributed by atoms with Crippen molar-refractivity contribution in [1.82, 2.24) is 0 Å². The summed E-state index contributed by atoms with van der Waals surface area (Å²) in [6.07, 6.45) is -3.24. The minimum absolute atomic E-state index is 0.365. The summed E-state index contributed by atoms with van der Waals surface area (Å²) in [6.45, 7) is -0.729. The SMILES string of the molecule is O=C(O)CC(O)(CC(=O)O)C(=O)O.OCC(O)CO. The van der Waals surface area contributed by atoms with Crippen LogP contribution in [0.25, 0.3) is 0 Å². The molecule has 0 fully saturated rings. The zero-order valence-electron chi connectivity index (χ0n) is 9.76. The second-order valence-electron chi connectivity index (χ2n) is 3.50. The second-order valence-corrected chi connectivity index (χ2v) is 3.50. The molecule has 19 heavy (non-hydrogen) atoms. The average molecular weight is 284 g/mol. The molecule has 0 unspecified atom stereocenters. The largest absolute Gasteiger partial charge is 0.481 e. The van der Waals surface area contributed by atoms with Crippen molar-refractivity contribution in [3.05, 3.63) is 0 Å². The number of hydrogen-bond acceptors (Lipinski definition) is 7. The van der Waals surface area contributed by atoms with E-state index in [2.05, 4.69) is 0 Å². The molecule has 0 aliphatic heterocycles. The predicted octanol–water partition coefficient (Wildman–Crippen LogP) is -2.92. The third kappa shape index (κ3) is 9.91. The lowest BCUT2D eigenvalue weighted by molar-refractivity contribution is -0.170. The van der Waals surface area contributed by atoms with Crippen LogP contribution in [0.2, 0.25) is 0 Å². The molecule has 0 aromatic heterocycles. The summed E-state index contributed by atoms with van der Waals surface area (Å²) < 4.78 is 0. The Labute approximate surface area is 107 Å². The normalized spacial score (nSPS) is 10.6. The molecule has 0 aliphatic rings. The van der Waals surface area contributed by atoms with Gasteiger partial charge in [0.15, 0.2) is 5.60 Å². The molecule has 0 spiro atoms. The lowest BCUT2D eigenvalue weighted by atomic mass is 9.96. The maximum absolute atomic E-state index is 10.3. The fourth-order valence-electron chi connectivity index (χ4n) is 0.772. The summed E-state index contributed by atoms with van der Waals surface area (Å²) in [7, 11) is 0. The molecule has 112 valence electrons. The van der Waals surface area contributed by atoms with Crippen LogP contribution in [0, 0.1) is 0 Å². The molecule has 0 rings (SSSR count). The van der Waals surface area contributed by atoms with Crippen molar-refractivity contribution in [2.75, 3.05) is 13.2 Å². The quantitative estimate of drug-likeness (QED) is 0.254. The van der Waals surface area contributed by atoms with Crippen LogP contribution in [0.4, 0.5) is 0 Å². The summed E-state index contributed by atoms with van der Waals surface area (Å²) in [5.41, 5.74) is -2.74. The molecule has 0 saturated carbocycles. The highest BCUT2D eigenvalue weighted by atomic mass is 16.4. The first-order valence-corrected chi connectivity index (χ1v) is 4.88. The molecular formula is C9H16O10. The maximum atomic E-state index is 10.3. The van der Waals surface area contributed by atoms with E-state index < -0.39 is 42.5 Å². The summed E-state index contributed by atoms with van der Waals surface area (Å²) in [6, 6.07) is 0. The van der Waals surface area contributed by atoms with Gasteiger partial charge in [0.05, 0.1) is 26.1 Å². The molecule has 10 heteroatoms. The van der Waals surface area contributed by atoms with Gasteiger partial charge in [-0.15, -0.1) is 0 Å². The molecule has 0 radical (unpaired) electrons. The summed E-state index contributed by atoms with van der Waals surface area (Å²) in [5.74, 6) is -5.02. The number of aliphatic hydroxyl groups is 4. The summed E-state index contributed by atoms with van der Waals surface area (Å²) in [4.78, 5) is 30.5. The number of aliphatic hydroxyl groups excluding tert-OH is 3. The zero-order valence-corrected chi connectivity index (χ0v) is 9.76. The van der Waals surface area contributed by atoms with Gasteiger partial charge in [0.25, 0.3) is 0 Å². The first-order valence-electron chi connectivity index (χ1n) is 4.88. The molecule has 0 atom stereocenters. The van der Waals surface area contributed by atoms with Crippen LogP contribution in [0.3, 0.4) is 0 Å². The van der Waals surface area contributed by atoms with E-state index in [9.17, 15) is 14.4 Å². The number of carbonyl (C=O) groups is 3. The first kappa shape index (κ1) is 19.6. The van der Waals surface area contributed by atoms with Crippen molar-refractivity contribution >= 4 is 17.9 Å². The Balaban J connectivity index is 0. The lowest BCUT2D eigenvalue weighted by Crippen LogP contribution is -2.42. The highest BCUT2D eigenvalue weighted by Gasteiger charge is 2.40. The predicted molar refractivity (Wildman–Crippen MR) is 57.3 cm³/mol. The number of carboxylic acids is 3. The van der Waals surface area contributed by atoms with Crippen molar-refractivity contribution in [1.29, 1.82) is 0 Å². The van der Waals surface area contributed by atoms with Crippen molar-refractivity contribution in [3.63, 3.8) is 0 Å². The standard InChI is InChI=1S/C6H8O7.C3H8O3/c7-3(8)1-6(13,5(11)12)2-4(9)10;4-1-3(6)2-5/h13H,1-2H2,(H,7,8)(H,9,10)(H,11,12);3-6H,1-2H2. The van der Waals surface area contributed by atoms with Gasteiger partial charge in [0.2, 0.25) is 0 Å². The van der Waals surface area contributed by atoms with E-state index in [4.69, 9.17) is 35.7 Å². The molecule has 0 saturated heterocycles. The monoisotopic (exact) mass is 284 g/mol. The van der Waals surface area contributed by atoms with Crippen molar-refractivity contribution in [2.24, 2.45) is 0 Å². The fourth-order valence-corrected chi connectivity index (χ4v) is 0.772. The van der Waals surface area contributed by atoms with Gasteiger partial charge in [0.1, 0.15) is 6.10 Å². The van der Waals surface area contributed by atoms with E-state index >= 15 is 0 Å². The van der Waals surface area contributed by atoms with Gasteiger partial charge in [-0.05, 0) is 0 Å². The van der Waals surface area contributed by atoms with E-state index in [1.54, 1.807) is 0 Å². The van der Waals surface area contributed by atoms with Gasteiger partial charge in [-0.25, -0.2) is 4.79 Å². The van der Waals surface area contributed by atoms with E-state index in [0.29, 0.717) is 0 Å². The van der Waals surface area contributed by atoms with Gasteiger partial charge in [-0.1, -0.05) is 0 Å². The van der Waals surface area contributed by atoms with Gasteiger partial charge in [0, 0.05) is 0 Å². The third-order valence-corrected chi connectivity index (χ3v) is 1.71.